The van der Waals surface area contributed by atoms with Crippen molar-refractivity contribution in [1.82, 2.24) is 25.1 Å². The number of H-pyrrole nitrogens is 2. The summed E-state index contributed by atoms with van der Waals surface area (Å²) >= 11 is 0. The summed E-state index contributed by atoms with van der Waals surface area (Å²) in [5.41, 5.74) is 2.54. The predicted molar refractivity (Wildman–Crippen MR) is 75.8 cm³/mol. The van der Waals surface area contributed by atoms with E-state index in [1.54, 1.807) is 18.2 Å². The van der Waals surface area contributed by atoms with Crippen molar-refractivity contribution in [2.75, 3.05) is 13.7 Å². The lowest BCUT2D eigenvalue weighted by Gasteiger charge is -2.22. The molecule has 1 aliphatic rings. The number of likely N-dealkylation sites (tertiary alicyclic amines) is 1. The van der Waals surface area contributed by atoms with Crippen LogP contribution in [0.1, 0.15) is 40.0 Å². The Balaban J connectivity index is 1.91. The number of aromatic nitrogens is 4. The van der Waals surface area contributed by atoms with Gasteiger partial charge in [0.15, 0.2) is 0 Å². The van der Waals surface area contributed by atoms with Crippen molar-refractivity contribution in [2.24, 2.45) is 0 Å². The zero-order chi connectivity index (χ0) is 15.0. The second kappa shape index (κ2) is 5.33. The molecule has 0 bridgehead atoms. The molecule has 2 atom stereocenters. The zero-order valence-electron chi connectivity index (χ0n) is 12.4. The summed E-state index contributed by atoms with van der Waals surface area (Å²) < 4.78 is 5.44. The van der Waals surface area contributed by atoms with Gasteiger partial charge in [0.2, 0.25) is 0 Å². The molecule has 1 aliphatic heterocycles. The van der Waals surface area contributed by atoms with Crippen LogP contribution in [0.3, 0.4) is 0 Å². The van der Waals surface area contributed by atoms with Crippen molar-refractivity contribution in [3.8, 4) is 0 Å². The van der Waals surface area contributed by atoms with Crippen LogP contribution in [0.2, 0.25) is 0 Å². The molecule has 2 aromatic heterocycles. The van der Waals surface area contributed by atoms with E-state index < -0.39 is 0 Å². The number of aromatic amines is 2. The van der Waals surface area contributed by atoms with Crippen LogP contribution >= 0.6 is 0 Å². The first-order chi connectivity index (χ1) is 10.1. The molecule has 3 rings (SSSR count). The maximum absolute atomic E-state index is 12.6. The minimum atomic E-state index is -0.0928. The van der Waals surface area contributed by atoms with Gasteiger partial charge in [-0.25, -0.2) is 4.98 Å². The van der Waals surface area contributed by atoms with Gasteiger partial charge in [-0.15, -0.1) is 0 Å². The van der Waals surface area contributed by atoms with Gasteiger partial charge in [0.1, 0.15) is 5.82 Å². The number of methoxy groups -OCH3 is 1. The highest BCUT2D eigenvalue weighted by atomic mass is 16.5. The molecule has 0 saturated carbocycles. The highest BCUT2D eigenvalue weighted by Crippen LogP contribution is 2.33. The van der Waals surface area contributed by atoms with E-state index in [1.807, 2.05) is 13.8 Å². The quantitative estimate of drug-likeness (QED) is 0.893. The van der Waals surface area contributed by atoms with Crippen molar-refractivity contribution < 1.29 is 9.53 Å². The molecule has 0 aromatic carbocycles. The molecule has 0 spiro atoms. The normalized spacial score (nSPS) is 22.0. The molecule has 3 heterocycles. The lowest BCUT2D eigenvalue weighted by Crippen LogP contribution is -2.32. The number of hydrogen-bond acceptors (Lipinski definition) is 4. The summed E-state index contributed by atoms with van der Waals surface area (Å²) in [5.74, 6) is 0.765. The van der Waals surface area contributed by atoms with E-state index >= 15 is 0 Å². The third-order valence-electron chi connectivity index (χ3n) is 4.06. The number of amides is 1. The number of ether oxygens (including phenoxy) is 1. The largest absolute Gasteiger partial charge is 0.380 e. The molecule has 1 saturated heterocycles. The van der Waals surface area contributed by atoms with E-state index in [0.29, 0.717) is 12.1 Å². The lowest BCUT2D eigenvalue weighted by atomic mass is 10.2. The number of aryl methyl sites for hydroxylation is 2. The summed E-state index contributed by atoms with van der Waals surface area (Å²) in [6, 6.07) is -0.0928. The Bertz CT molecular complexity index is 614. The van der Waals surface area contributed by atoms with Gasteiger partial charge in [-0.2, -0.15) is 5.10 Å². The standard InChI is InChI=1S/C14H19N5O2/c1-8-9(2)18-13(17-8)12-4-11(21-3)7-19(12)14(20)10-5-15-16-6-10/h5-6,11-12H,4,7H2,1-3H3,(H,15,16)(H,17,18)/t11-,12+/m1/s1. The van der Waals surface area contributed by atoms with Crippen molar-refractivity contribution in [2.45, 2.75) is 32.4 Å². The Hall–Kier alpha value is -2.15. The molecule has 7 heteroatoms. The Morgan fingerprint density at radius 2 is 2.29 bits per heavy atom. The minimum absolute atomic E-state index is 0.0246. The van der Waals surface area contributed by atoms with E-state index in [-0.39, 0.29) is 18.1 Å². The van der Waals surface area contributed by atoms with E-state index in [9.17, 15) is 4.79 Å². The van der Waals surface area contributed by atoms with E-state index in [4.69, 9.17) is 4.74 Å². The predicted octanol–water partition coefficient (Wildman–Crippen LogP) is 1.35. The van der Waals surface area contributed by atoms with Crippen LogP contribution in [0, 0.1) is 13.8 Å². The molecule has 21 heavy (non-hydrogen) atoms. The van der Waals surface area contributed by atoms with Gasteiger partial charge < -0.3 is 14.6 Å². The number of carbonyl (C=O) groups excluding carboxylic acids is 1. The zero-order valence-corrected chi connectivity index (χ0v) is 12.4. The lowest BCUT2D eigenvalue weighted by molar-refractivity contribution is 0.0684. The fourth-order valence-corrected chi connectivity index (χ4v) is 2.72. The van der Waals surface area contributed by atoms with Crippen LogP contribution < -0.4 is 0 Å². The first kappa shape index (κ1) is 13.8. The molecular weight excluding hydrogens is 270 g/mol. The first-order valence-corrected chi connectivity index (χ1v) is 6.95. The highest BCUT2D eigenvalue weighted by molar-refractivity contribution is 5.94. The Morgan fingerprint density at radius 1 is 1.48 bits per heavy atom. The molecule has 2 N–H and O–H groups in total. The van der Waals surface area contributed by atoms with E-state index in [1.165, 1.54) is 6.20 Å². The Labute approximate surface area is 122 Å². The number of rotatable bonds is 3. The van der Waals surface area contributed by atoms with Crippen LogP contribution in [0.15, 0.2) is 12.4 Å². The van der Waals surface area contributed by atoms with Crippen molar-refractivity contribution in [1.29, 1.82) is 0 Å². The number of nitrogens with one attached hydrogen (secondary N) is 2. The summed E-state index contributed by atoms with van der Waals surface area (Å²) in [4.78, 5) is 22.2. The van der Waals surface area contributed by atoms with Crippen LogP contribution in [0.4, 0.5) is 0 Å². The van der Waals surface area contributed by atoms with Gasteiger partial charge in [-0.3, -0.25) is 9.89 Å². The molecule has 2 aromatic rings. The number of hydrogen-bond donors (Lipinski definition) is 2. The fraction of sp³-hybridized carbons (Fsp3) is 0.500. The topological polar surface area (TPSA) is 86.9 Å². The molecule has 1 amide bonds. The fourth-order valence-electron chi connectivity index (χ4n) is 2.72. The molecular formula is C14H19N5O2. The Morgan fingerprint density at radius 3 is 2.86 bits per heavy atom. The first-order valence-electron chi connectivity index (χ1n) is 6.95. The second-order valence-corrected chi connectivity index (χ2v) is 5.39. The van der Waals surface area contributed by atoms with Crippen molar-refractivity contribution in [3.05, 3.63) is 35.2 Å². The molecule has 0 unspecified atom stereocenters. The van der Waals surface area contributed by atoms with Gasteiger partial charge in [-0.1, -0.05) is 0 Å². The third kappa shape index (κ3) is 2.44. The monoisotopic (exact) mass is 289 g/mol. The molecule has 0 aliphatic carbocycles. The maximum atomic E-state index is 12.6. The summed E-state index contributed by atoms with van der Waals surface area (Å²) in [6.45, 7) is 4.50. The molecule has 0 radical (unpaired) electrons. The molecule has 1 fully saturated rings. The van der Waals surface area contributed by atoms with Gasteiger partial charge in [0.25, 0.3) is 5.91 Å². The number of nitrogens with zero attached hydrogens (tertiary/aromatic N) is 3. The summed E-state index contributed by atoms with van der Waals surface area (Å²) in [7, 11) is 1.67. The van der Waals surface area contributed by atoms with E-state index in [0.717, 1.165) is 23.6 Å². The van der Waals surface area contributed by atoms with Gasteiger partial charge >= 0.3 is 0 Å². The van der Waals surface area contributed by atoms with Crippen LogP contribution in [0.25, 0.3) is 0 Å². The SMILES string of the molecule is CO[C@@H]1C[C@@H](c2nc(C)c(C)[nH]2)N(C(=O)c2cn[nH]c2)C1. The van der Waals surface area contributed by atoms with Crippen molar-refractivity contribution in [3.63, 3.8) is 0 Å². The van der Waals surface area contributed by atoms with Gasteiger partial charge in [0.05, 0.1) is 29.6 Å². The summed E-state index contributed by atoms with van der Waals surface area (Å²) in [5, 5.41) is 6.52. The van der Waals surface area contributed by atoms with E-state index in [2.05, 4.69) is 20.2 Å². The highest BCUT2D eigenvalue weighted by Gasteiger charge is 2.38. The third-order valence-corrected chi connectivity index (χ3v) is 4.06. The molecule has 7 nitrogen and oxygen atoms in total. The molecule has 112 valence electrons. The second-order valence-electron chi connectivity index (χ2n) is 5.39. The summed E-state index contributed by atoms with van der Waals surface area (Å²) in [6.07, 6.45) is 3.92. The van der Waals surface area contributed by atoms with Crippen LogP contribution in [-0.2, 0) is 4.74 Å². The minimum Gasteiger partial charge on any atom is -0.380 e. The van der Waals surface area contributed by atoms with Gasteiger partial charge in [-0.05, 0) is 13.8 Å². The average Bonchev–Trinajstić information content (AvgIpc) is 3.18. The number of imidazole rings is 1. The van der Waals surface area contributed by atoms with Crippen LogP contribution in [-0.4, -0.2) is 50.7 Å². The maximum Gasteiger partial charge on any atom is 0.257 e. The van der Waals surface area contributed by atoms with Gasteiger partial charge in [0, 0.05) is 32.0 Å². The smallest absolute Gasteiger partial charge is 0.257 e. The Kier molecular flexibility index (Phi) is 3.50. The van der Waals surface area contributed by atoms with Crippen molar-refractivity contribution >= 4 is 5.91 Å². The number of carbonyl (C=O) groups is 1. The average molecular weight is 289 g/mol. The van der Waals surface area contributed by atoms with Crippen LogP contribution in [0.5, 0.6) is 0 Å².